The summed E-state index contributed by atoms with van der Waals surface area (Å²) in [5.74, 6) is 1.50. The van der Waals surface area contributed by atoms with E-state index < -0.39 is 6.10 Å². The number of halogens is 1. The van der Waals surface area contributed by atoms with Crippen molar-refractivity contribution in [1.82, 2.24) is 5.32 Å². The van der Waals surface area contributed by atoms with Gasteiger partial charge in [-0.2, -0.15) is 0 Å². The summed E-state index contributed by atoms with van der Waals surface area (Å²) in [7, 11) is 1.62. The fourth-order valence-corrected chi connectivity index (χ4v) is 2.10. The maximum atomic E-state index is 9.99. The van der Waals surface area contributed by atoms with Crippen LogP contribution < -0.4 is 14.8 Å². The number of hydrogen-bond donors (Lipinski definition) is 2. The molecule has 0 aliphatic rings. The Morgan fingerprint density at radius 2 is 1.61 bits per heavy atom. The molecule has 0 bridgehead atoms. The van der Waals surface area contributed by atoms with E-state index in [4.69, 9.17) is 9.47 Å². The molecule has 2 aromatic rings. The molecule has 0 amide bonds. The molecule has 5 heteroatoms. The van der Waals surface area contributed by atoms with Gasteiger partial charge in [-0.25, -0.2) is 0 Å². The van der Waals surface area contributed by atoms with Crippen molar-refractivity contribution < 1.29 is 14.6 Å². The van der Waals surface area contributed by atoms with Crippen molar-refractivity contribution in [2.45, 2.75) is 19.1 Å². The third-order valence-electron chi connectivity index (χ3n) is 3.46. The van der Waals surface area contributed by atoms with Crippen molar-refractivity contribution in [2.24, 2.45) is 0 Å². The number of hydrogen-bond acceptors (Lipinski definition) is 4. The lowest BCUT2D eigenvalue weighted by atomic mass is 10.1. The molecule has 2 atom stereocenters. The Morgan fingerprint density at radius 3 is 2.22 bits per heavy atom. The van der Waals surface area contributed by atoms with Gasteiger partial charge in [-0.1, -0.05) is 30.3 Å². The summed E-state index contributed by atoms with van der Waals surface area (Å²) in [5.41, 5.74) is 1.20. The van der Waals surface area contributed by atoms with Gasteiger partial charge in [-0.15, -0.1) is 12.4 Å². The average Bonchev–Trinajstić information content (AvgIpc) is 2.59. The van der Waals surface area contributed by atoms with Crippen LogP contribution >= 0.6 is 12.4 Å². The molecule has 0 aromatic heterocycles. The van der Waals surface area contributed by atoms with Crippen LogP contribution in [0.5, 0.6) is 11.5 Å². The Bertz CT molecular complexity index is 548. The molecule has 0 fully saturated rings. The molecule has 0 aliphatic carbocycles. The van der Waals surface area contributed by atoms with Crippen LogP contribution in [0.2, 0.25) is 0 Å². The zero-order valence-corrected chi connectivity index (χ0v) is 14.3. The molecule has 0 aliphatic heterocycles. The third kappa shape index (κ3) is 6.48. The molecule has 0 saturated heterocycles. The highest BCUT2D eigenvalue weighted by Crippen LogP contribution is 2.17. The van der Waals surface area contributed by atoms with E-state index in [0.717, 1.165) is 11.5 Å². The maximum Gasteiger partial charge on any atom is 0.119 e. The van der Waals surface area contributed by atoms with E-state index in [1.165, 1.54) is 5.56 Å². The van der Waals surface area contributed by atoms with Gasteiger partial charge in [0.05, 0.1) is 7.11 Å². The number of aliphatic hydroxyl groups excluding tert-OH is 1. The summed E-state index contributed by atoms with van der Waals surface area (Å²) >= 11 is 0. The Labute approximate surface area is 143 Å². The van der Waals surface area contributed by atoms with E-state index in [1.54, 1.807) is 7.11 Å². The first-order valence-electron chi connectivity index (χ1n) is 7.42. The second kappa shape index (κ2) is 10.1. The molecule has 0 spiro atoms. The van der Waals surface area contributed by atoms with Crippen molar-refractivity contribution >= 4 is 12.4 Å². The van der Waals surface area contributed by atoms with E-state index in [9.17, 15) is 5.11 Å². The van der Waals surface area contributed by atoms with Crippen LogP contribution in [0.25, 0.3) is 0 Å². The van der Waals surface area contributed by atoms with Crippen molar-refractivity contribution in [1.29, 1.82) is 0 Å². The molecule has 2 N–H and O–H groups in total. The van der Waals surface area contributed by atoms with Gasteiger partial charge < -0.3 is 19.9 Å². The number of benzene rings is 2. The molecule has 126 valence electrons. The molecule has 2 rings (SSSR count). The Hall–Kier alpha value is -1.75. The van der Waals surface area contributed by atoms with Crippen molar-refractivity contribution in [2.75, 3.05) is 20.3 Å². The zero-order chi connectivity index (χ0) is 15.8. The minimum absolute atomic E-state index is 0. The molecule has 0 saturated carbocycles. The Balaban J connectivity index is 0.00000264. The van der Waals surface area contributed by atoms with Gasteiger partial charge in [0, 0.05) is 12.6 Å². The van der Waals surface area contributed by atoms with Gasteiger partial charge in [0.15, 0.2) is 0 Å². The minimum Gasteiger partial charge on any atom is -0.497 e. The second-order valence-electron chi connectivity index (χ2n) is 5.18. The van der Waals surface area contributed by atoms with Gasteiger partial charge in [-0.05, 0) is 36.8 Å². The molecule has 23 heavy (non-hydrogen) atoms. The smallest absolute Gasteiger partial charge is 0.119 e. The van der Waals surface area contributed by atoms with Crippen LogP contribution in [0.4, 0.5) is 0 Å². The van der Waals surface area contributed by atoms with Gasteiger partial charge in [0.25, 0.3) is 0 Å². The lowest BCUT2D eigenvalue weighted by Crippen LogP contribution is -2.33. The fraction of sp³-hybridized carbons (Fsp3) is 0.333. The second-order valence-corrected chi connectivity index (χ2v) is 5.18. The van der Waals surface area contributed by atoms with Crippen LogP contribution in [0.3, 0.4) is 0 Å². The predicted octanol–water partition coefficient (Wildman–Crippen LogP) is 3.21. The average molecular weight is 338 g/mol. The number of rotatable bonds is 8. The summed E-state index contributed by atoms with van der Waals surface area (Å²) in [6.07, 6.45) is -0.562. The van der Waals surface area contributed by atoms with Crippen molar-refractivity contribution in [3.05, 3.63) is 60.2 Å². The first-order chi connectivity index (χ1) is 10.7. The SMILES string of the molecule is COc1ccc(OCC(O)CNC(C)c2ccccc2)cc1.Cl. The number of ether oxygens (including phenoxy) is 2. The molecule has 4 nitrogen and oxygen atoms in total. The summed E-state index contributed by atoms with van der Waals surface area (Å²) < 4.78 is 10.6. The number of nitrogens with one attached hydrogen (secondary N) is 1. The quantitative estimate of drug-likeness (QED) is 0.776. The molecule has 0 radical (unpaired) electrons. The summed E-state index contributed by atoms with van der Waals surface area (Å²) in [5, 5.41) is 13.3. The highest BCUT2D eigenvalue weighted by atomic mass is 35.5. The van der Waals surface area contributed by atoms with Crippen molar-refractivity contribution in [3.63, 3.8) is 0 Å². The molecule has 0 heterocycles. The number of methoxy groups -OCH3 is 1. The predicted molar refractivity (Wildman–Crippen MR) is 94.6 cm³/mol. The van der Waals surface area contributed by atoms with Gasteiger partial charge in [0.2, 0.25) is 0 Å². The molecular formula is C18H24ClNO3. The highest BCUT2D eigenvalue weighted by Gasteiger charge is 2.09. The topological polar surface area (TPSA) is 50.7 Å². The summed E-state index contributed by atoms with van der Waals surface area (Å²) in [6.45, 7) is 2.80. The largest absolute Gasteiger partial charge is 0.497 e. The van der Waals surface area contributed by atoms with Crippen LogP contribution in [0.1, 0.15) is 18.5 Å². The molecular weight excluding hydrogens is 314 g/mol. The number of aliphatic hydroxyl groups is 1. The van der Waals surface area contributed by atoms with Gasteiger partial charge in [-0.3, -0.25) is 0 Å². The summed E-state index contributed by atoms with van der Waals surface area (Å²) in [4.78, 5) is 0. The summed E-state index contributed by atoms with van der Waals surface area (Å²) in [6, 6.07) is 17.7. The molecule has 2 unspecified atom stereocenters. The van der Waals surface area contributed by atoms with Gasteiger partial charge >= 0.3 is 0 Å². The normalized spacial score (nSPS) is 12.8. The first kappa shape index (κ1) is 19.3. The van der Waals surface area contributed by atoms with Crippen LogP contribution in [-0.2, 0) is 0 Å². The zero-order valence-electron chi connectivity index (χ0n) is 13.4. The lowest BCUT2D eigenvalue weighted by molar-refractivity contribution is 0.104. The van der Waals surface area contributed by atoms with Crippen LogP contribution in [0.15, 0.2) is 54.6 Å². The third-order valence-corrected chi connectivity index (χ3v) is 3.46. The van der Waals surface area contributed by atoms with Gasteiger partial charge in [0.1, 0.15) is 24.2 Å². The van der Waals surface area contributed by atoms with Crippen LogP contribution in [0, 0.1) is 0 Å². The lowest BCUT2D eigenvalue weighted by Gasteiger charge is -2.18. The minimum atomic E-state index is -0.562. The van der Waals surface area contributed by atoms with E-state index in [2.05, 4.69) is 24.4 Å². The first-order valence-corrected chi connectivity index (χ1v) is 7.42. The van der Waals surface area contributed by atoms with E-state index >= 15 is 0 Å². The molecule has 2 aromatic carbocycles. The Morgan fingerprint density at radius 1 is 1.00 bits per heavy atom. The monoisotopic (exact) mass is 337 g/mol. The maximum absolute atomic E-state index is 9.99. The highest BCUT2D eigenvalue weighted by molar-refractivity contribution is 5.85. The van der Waals surface area contributed by atoms with E-state index in [0.29, 0.717) is 6.54 Å². The Kier molecular flexibility index (Phi) is 8.48. The standard InChI is InChI=1S/C18H23NO3.ClH/c1-14(15-6-4-3-5-7-15)19-12-16(20)13-22-18-10-8-17(21-2)9-11-18;/h3-11,14,16,19-20H,12-13H2,1-2H3;1H. The van der Waals surface area contributed by atoms with Crippen LogP contribution in [-0.4, -0.2) is 31.5 Å². The van der Waals surface area contributed by atoms with E-state index in [1.807, 2.05) is 42.5 Å². The van der Waals surface area contributed by atoms with E-state index in [-0.39, 0.29) is 25.1 Å². The van der Waals surface area contributed by atoms with Crippen molar-refractivity contribution in [3.8, 4) is 11.5 Å². The fourth-order valence-electron chi connectivity index (χ4n) is 2.10.